The Morgan fingerprint density at radius 3 is 2.45 bits per heavy atom. The maximum atomic E-state index is 13.2. The van der Waals surface area contributed by atoms with E-state index in [1.807, 2.05) is 24.6 Å². The van der Waals surface area contributed by atoms with Gasteiger partial charge >= 0.3 is 0 Å². The zero-order chi connectivity index (χ0) is 24.9. The van der Waals surface area contributed by atoms with Gasteiger partial charge in [-0.25, -0.2) is 13.1 Å². The van der Waals surface area contributed by atoms with E-state index in [9.17, 15) is 23.4 Å². The minimum atomic E-state index is -4.58. The highest BCUT2D eigenvalue weighted by molar-refractivity contribution is 7.90. The van der Waals surface area contributed by atoms with Gasteiger partial charge in [-0.15, -0.1) is 0 Å². The highest BCUT2D eigenvalue weighted by Gasteiger charge is 2.31. The third-order valence-corrected chi connectivity index (χ3v) is 6.76. The number of benzene rings is 2. The maximum Gasteiger partial charge on any atom is 0.268 e. The largest absolute Gasteiger partial charge is 0.507 e. The van der Waals surface area contributed by atoms with Gasteiger partial charge in [-0.1, -0.05) is 55.7 Å². The van der Waals surface area contributed by atoms with Gasteiger partial charge in [0.25, 0.3) is 15.9 Å². The van der Waals surface area contributed by atoms with Crippen molar-refractivity contribution in [3.8, 4) is 22.6 Å². The first-order valence-electron chi connectivity index (χ1n) is 10.7. The predicted molar refractivity (Wildman–Crippen MR) is 128 cm³/mol. The molecule has 0 saturated heterocycles. The molecular formula is C24H32N2O6S. The van der Waals surface area contributed by atoms with Crippen LogP contribution in [0.4, 0.5) is 0 Å². The van der Waals surface area contributed by atoms with Crippen LogP contribution in [0.5, 0.6) is 11.5 Å². The number of sulfonamides is 1. The van der Waals surface area contributed by atoms with Gasteiger partial charge < -0.3 is 21.1 Å². The van der Waals surface area contributed by atoms with E-state index in [4.69, 9.17) is 10.8 Å². The van der Waals surface area contributed by atoms with Crippen LogP contribution >= 0.6 is 0 Å². The van der Waals surface area contributed by atoms with Crippen molar-refractivity contribution in [3.63, 3.8) is 0 Å². The molecule has 0 bridgehead atoms. The number of aromatic hydroxyl groups is 2. The zero-order valence-corrected chi connectivity index (χ0v) is 20.0. The zero-order valence-electron chi connectivity index (χ0n) is 19.2. The van der Waals surface area contributed by atoms with Gasteiger partial charge in [0.05, 0.1) is 12.2 Å². The van der Waals surface area contributed by atoms with Crippen molar-refractivity contribution in [1.29, 1.82) is 0 Å². The first-order valence-corrected chi connectivity index (χ1v) is 12.2. The number of hydrogen-bond acceptors (Lipinski definition) is 7. The van der Waals surface area contributed by atoms with Crippen LogP contribution < -0.4 is 10.5 Å². The van der Waals surface area contributed by atoms with Crippen molar-refractivity contribution in [2.45, 2.75) is 57.4 Å². The van der Waals surface area contributed by atoms with E-state index in [2.05, 4.69) is 6.58 Å². The van der Waals surface area contributed by atoms with Gasteiger partial charge in [0.1, 0.15) is 22.4 Å². The van der Waals surface area contributed by atoms with Crippen molar-refractivity contribution in [2.24, 2.45) is 5.73 Å². The summed E-state index contributed by atoms with van der Waals surface area (Å²) in [6.45, 7) is 8.76. The Kier molecular flexibility index (Phi) is 8.65. The third kappa shape index (κ3) is 5.93. The fourth-order valence-corrected chi connectivity index (χ4v) is 4.97. The highest BCUT2D eigenvalue weighted by atomic mass is 32.2. The Morgan fingerprint density at radius 2 is 1.88 bits per heavy atom. The number of phenolic OH excluding ortho intramolecular Hbond substituents is 2. The second-order valence-electron chi connectivity index (χ2n) is 8.15. The van der Waals surface area contributed by atoms with Gasteiger partial charge in [-0.05, 0) is 49.4 Å². The molecule has 1 amide bonds. The van der Waals surface area contributed by atoms with Gasteiger partial charge in [0.15, 0.2) is 0 Å². The molecule has 0 aliphatic heterocycles. The fourth-order valence-electron chi connectivity index (χ4n) is 3.59. The molecule has 0 aromatic heterocycles. The summed E-state index contributed by atoms with van der Waals surface area (Å²) in [7, 11) is -4.58. The molecule has 2 aromatic carbocycles. The number of amides is 1. The topological polar surface area (TPSA) is 150 Å². The smallest absolute Gasteiger partial charge is 0.268 e. The van der Waals surface area contributed by atoms with E-state index in [0.29, 0.717) is 23.1 Å². The lowest BCUT2D eigenvalue weighted by Crippen LogP contribution is -2.45. The van der Waals surface area contributed by atoms with E-state index >= 15 is 0 Å². The maximum absolute atomic E-state index is 13.2. The third-order valence-electron chi connectivity index (χ3n) is 5.30. The molecule has 0 aliphatic rings. The highest BCUT2D eigenvalue weighted by Crippen LogP contribution is 2.46. The minimum absolute atomic E-state index is 0.0739. The molecule has 1 atom stereocenters. The van der Waals surface area contributed by atoms with Crippen molar-refractivity contribution in [3.05, 3.63) is 47.5 Å². The Bertz CT molecular complexity index is 1160. The second-order valence-corrected chi connectivity index (χ2v) is 9.77. The summed E-state index contributed by atoms with van der Waals surface area (Å²) in [4.78, 5) is 11.6. The number of allylic oxidation sites excluding steroid dienone is 1. The molecule has 0 radical (unpaired) electrons. The van der Waals surface area contributed by atoms with E-state index in [1.54, 1.807) is 19.1 Å². The average Bonchev–Trinajstić information content (AvgIpc) is 2.72. The summed E-state index contributed by atoms with van der Waals surface area (Å²) >= 11 is 0. The minimum Gasteiger partial charge on any atom is -0.507 e. The lowest BCUT2D eigenvalue weighted by Gasteiger charge is -2.20. The van der Waals surface area contributed by atoms with Crippen molar-refractivity contribution >= 4 is 21.5 Å². The molecule has 1 unspecified atom stereocenters. The van der Waals surface area contributed by atoms with Crippen LogP contribution in [0.2, 0.25) is 0 Å². The Hall–Kier alpha value is -2.88. The van der Waals surface area contributed by atoms with E-state index in [1.165, 1.54) is 6.07 Å². The molecule has 0 aliphatic carbocycles. The second kappa shape index (κ2) is 10.8. The quantitative estimate of drug-likeness (QED) is 0.331. The standard InChI is InChI=1S/C24H32N2O6S/c1-5-6-7-8-16-12-20(28)21(18-11-15(4)9-10-17(18)14(2)3)22(29)23(16)33(31,32)26-24(30)19(25)13-27/h9-12,19,27-29H,2,5-8,13,25H2,1,3-4H3,(H,26,30). The first kappa shape index (κ1) is 26.4. The van der Waals surface area contributed by atoms with Gasteiger partial charge in [0.2, 0.25) is 0 Å². The average molecular weight is 477 g/mol. The SMILES string of the molecule is C=C(C)c1ccc(C)cc1-c1c(O)cc(CCCCC)c(S(=O)(=O)NC(=O)C(N)CO)c1O. The predicted octanol–water partition coefficient (Wildman–Crippen LogP) is 2.96. The van der Waals surface area contributed by atoms with Crippen LogP contribution in [0.1, 0.15) is 49.8 Å². The lowest BCUT2D eigenvalue weighted by atomic mass is 9.91. The van der Waals surface area contributed by atoms with Crippen LogP contribution in [-0.4, -0.2) is 42.3 Å². The summed E-state index contributed by atoms with van der Waals surface area (Å²) in [6.07, 6.45) is 2.56. The molecule has 0 fully saturated rings. The van der Waals surface area contributed by atoms with Crippen LogP contribution in [-0.2, 0) is 21.2 Å². The summed E-state index contributed by atoms with van der Waals surface area (Å²) in [5, 5.41) is 31.1. The molecule has 8 nitrogen and oxygen atoms in total. The molecule has 6 N–H and O–H groups in total. The first-order chi connectivity index (χ1) is 15.4. The number of aliphatic hydroxyl groups is 1. The van der Waals surface area contributed by atoms with Gasteiger partial charge in [0, 0.05) is 0 Å². The Labute approximate surface area is 194 Å². The molecule has 0 heterocycles. The molecule has 0 spiro atoms. The number of phenols is 2. The van der Waals surface area contributed by atoms with E-state index in [0.717, 1.165) is 18.4 Å². The number of aliphatic hydroxyl groups excluding tert-OH is 1. The summed E-state index contributed by atoms with van der Waals surface area (Å²) in [5.74, 6) is -2.07. The van der Waals surface area contributed by atoms with Gasteiger partial charge in [-0.2, -0.15) is 0 Å². The number of unbranched alkanes of at least 4 members (excludes halogenated alkanes) is 2. The van der Waals surface area contributed by atoms with Crippen molar-refractivity contribution in [1.82, 2.24) is 4.72 Å². The summed E-state index contributed by atoms with van der Waals surface area (Å²) in [5.41, 5.74) is 8.07. The monoisotopic (exact) mass is 476 g/mol. The van der Waals surface area contributed by atoms with Crippen LogP contribution in [0.3, 0.4) is 0 Å². The number of aryl methyl sites for hydroxylation is 2. The number of carbonyl (C=O) groups excluding carboxylic acids is 1. The number of rotatable bonds is 10. The Balaban J connectivity index is 2.81. The molecule has 9 heteroatoms. The van der Waals surface area contributed by atoms with Crippen molar-refractivity contribution < 1.29 is 28.5 Å². The number of nitrogens with one attached hydrogen (secondary N) is 1. The summed E-state index contributed by atoms with van der Waals surface area (Å²) < 4.78 is 28.2. The van der Waals surface area contributed by atoms with Crippen LogP contribution in [0.15, 0.2) is 35.7 Å². The molecule has 0 saturated carbocycles. The molecule has 180 valence electrons. The molecule has 2 rings (SSSR count). The number of hydrogen-bond donors (Lipinski definition) is 5. The van der Waals surface area contributed by atoms with Crippen molar-refractivity contribution in [2.75, 3.05) is 6.61 Å². The Morgan fingerprint density at radius 1 is 1.21 bits per heavy atom. The van der Waals surface area contributed by atoms with E-state index < -0.39 is 39.2 Å². The molecule has 33 heavy (non-hydrogen) atoms. The lowest BCUT2D eigenvalue weighted by molar-refractivity contribution is -0.121. The van der Waals surface area contributed by atoms with Crippen LogP contribution in [0.25, 0.3) is 16.7 Å². The summed E-state index contributed by atoms with van der Waals surface area (Å²) in [6, 6.07) is 5.19. The van der Waals surface area contributed by atoms with Crippen LogP contribution in [0, 0.1) is 6.92 Å². The molecule has 2 aromatic rings. The fraction of sp³-hybridized carbons (Fsp3) is 0.375. The van der Waals surface area contributed by atoms with E-state index in [-0.39, 0.29) is 23.3 Å². The normalized spacial score (nSPS) is 12.4. The number of nitrogens with two attached hydrogens (primary N) is 1. The number of carbonyl (C=O) groups is 1. The molecular weight excluding hydrogens is 444 g/mol. The van der Waals surface area contributed by atoms with Gasteiger partial charge in [-0.3, -0.25) is 4.79 Å².